The van der Waals surface area contributed by atoms with E-state index in [1.807, 2.05) is 0 Å². The number of hydrogen-bond acceptors (Lipinski definition) is 3. The molecule has 4 nitrogen and oxygen atoms in total. The Kier molecular flexibility index (Phi) is 15.7. The molecule has 0 aliphatic rings. The summed E-state index contributed by atoms with van der Waals surface area (Å²) in [6.45, 7) is 5.87. The van der Waals surface area contributed by atoms with Crippen molar-refractivity contribution in [1.82, 2.24) is 0 Å². The largest absolute Gasteiger partial charge is 0.547 e. The van der Waals surface area contributed by atoms with Crippen molar-refractivity contribution < 1.29 is 19.5 Å². The van der Waals surface area contributed by atoms with Gasteiger partial charge >= 0.3 is 0 Å². The average molecular weight is 394 g/mol. The molecule has 0 radical (unpaired) electrons. The van der Waals surface area contributed by atoms with Gasteiger partial charge in [0.05, 0.1) is 32.7 Å². The van der Waals surface area contributed by atoms with Crippen molar-refractivity contribution in [2.75, 3.05) is 20.6 Å². The lowest BCUT2D eigenvalue weighted by Gasteiger charge is -2.30. The van der Waals surface area contributed by atoms with E-state index in [4.69, 9.17) is 5.11 Å². The van der Waals surface area contributed by atoms with Crippen molar-refractivity contribution in [2.24, 2.45) is 0 Å². The molecule has 0 aromatic heterocycles. The first kappa shape index (κ1) is 26.6. The zero-order valence-corrected chi connectivity index (χ0v) is 18.7. The molecule has 162 valence electrons. The van der Waals surface area contributed by atoms with E-state index >= 15 is 0 Å². The quantitative estimate of drug-likeness (QED) is 0.379. The summed E-state index contributed by atoms with van der Waals surface area (Å²) in [7, 11) is 4.72. The van der Waals surface area contributed by atoms with Crippen LogP contribution in [0.15, 0.2) is 30.3 Å². The van der Waals surface area contributed by atoms with Crippen LogP contribution in [0.2, 0.25) is 0 Å². The first-order valence-electron chi connectivity index (χ1n) is 11.0. The molecule has 1 rings (SSSR count). The van der Waals surface area contributed by atoms with Gasteiger partial charge in [0.15, 0.2) is 0 Å². The SMILES string of the molecule is CCCCCCCCCCCC[N+](C)(C)Cc1ccccc1.C[C@@H](O)C(=O)[O-]. The second-order valence-electron chi connectivity index (χ2n) is 8.48. The molecule has 1 aromatic carbocycles. The normalized spacial score (nSPS) is 12.2. The Morgan fingerprint density at radius 1 is 0.929 bits per heavy atom. The molecule has 0 saturated carbocycles. The van der Waals surface area contributed by atoms with E-state index in [9.17, 15) is 9.90 Å². The Morgan fingerprint density at radius 2 is 1.36 bits per heavy atom. The molecular weight excluding hydrogens is 350 g/mol. The number of carboxylic acids is 1. The van der Waals surface area contributed by atoms with E-state index in [2.05, 4.69) is 51.4 Å². The maximum atomic E-state index is 9.34. The predicted molar refractivity (Wildman–Crippen MR) is 116 cm³/mol. The first-order chi connectivity index (χ1) is 13.3. The molecule has 0 heterocycles. The molecule has 0 fully saturated rings. The van der Waals surface area contributed by atoms with Gasteiger partial charge in [-0.15, -0.1) is 0 Å². The summed E-state index contributed by atoms with van der Waals surface area (Å²) in [5.74, 6) is -1.44. The highest BCUT2D eigenvalue weighted by molar-refractivity contribution is 5.68. The zero-order valence-electron chi connectivity index (χ0n) is 18.7. The number of nitrogens with zero attached hydrogens (tertiary/aromatic N) is 1. The summed E-state index contributed by atoms with van der Waals surface area (Å²) in [6.07, 6.45) is 12.9. The first-order valence-corrected chi connectivity index (χ1v) is 11.0. The van der Waals surface area contributed by atoms with E-state index in [1.54, 1.807) is 0 Å². The molecule has 0 spiro atoms. The highest BCUT2D eigenvalue weighted by Crippen LogP contribution is 2.13. The van der Waals surface area contributed by atoms with Gasteiger partial charge in [0.2, 0.25) is 0 Å². The van der Waals surface area contributed by atoms with Crippen LogP contribution < -0.4 is 5.11 Å². The maximum absolute atomic E-state index is 9.34. The van der Waals surface area contributed by atoms with Crippen molar-refractivity contribution in [3.63, 3.8) is 0 Å². The lowest BCUT2D eigenvalue weighted by Crippen LogP contribution is -2.39. The Hall–Kier alpha value is -1.39. The summed E-state index contributed by atoms with van der Waals surface area (Å²) in [5, 5.41) is 17.3. The van der Waals surface area contributed by atoms with E-state index in [0.717, 1.165) is 18.0 Å². The fourth-order valence-electron chi connectivity index (χ4n) is 3.18. The van der Waals surface area contributed by atoms with Crippen LogP contribution in [-0.2, 0) is 11.3 Å². The fourth-order valence-corrected chi connectivity index (χ4v) is 3.18. The van der Waals surface area contributed by atoms with E-state index in [0.29, 0.717) is 0 Å². The van der Waals surface area contributed by atoms with E-state index in [1.165, 1.54) is 76.3 Å². The maximum Gasteiger partial charge on any atom is 0.104 e. The predicted octanol–water partition coefficient (Wildman–Crippen LogP) is 4.30. The zero-order chi connectivity index (χ0) is 21.3. The van der Waals surface area contributed by atoms with Gasteiger partial charge in [0, 0.05) is 5.56 Å². The molecule has 0 bridgehead atoms. The number of rotatable bonds is 14. The number of carbonyl (C=O) groups excluding carboxylic acids is 1. The fraction of sp³-hybridized carbons (Fsp3) is 0.708. The minimum atomic E-state index is -1.44. The molecule has 1 atom stereocenters. The van der Waals surface area contributed by atoms with Crippen LogP contribution in [0.1, 0.15) is 83.6 Å². The van der Waals surface area contributed by atoms with Gasteiger partial charge in [-0.2, -0.15) is 0 Å². The molecule has 1 aromatic rings. The van der Waals surface area contributed by atoms with Gasteiger partial charge in [-0.05, 0) is 19.8 Å². The topological polar surface area (TPSA) is 60.4 Å². The number of aliphatic hydroxyl groups is 1. The van der Waals surface area contributed by atoms with Crippen molar-refractivity contribution >= 4 is 5.97 Å². The molecule has 0 aliphatic heterocycles. The van der Waals surface area contributed by atoms with Crippen molar-refractivity contribution in [3.05, 3.63) is 35.9 Å². The average Bonchev–Trinajstić information content (AvgIpc) is 2.64. The number of aliphatic hydroxyl groups excluding tert-OH is 1. The second kappa shape index (κ2) is 16.6. The molecule has 0 amide bonds. The molecule has 0 saturated heterocycles. The lowest BCUT2D eigenvalue weighted by atomic mass is 10.1. The van der Waals surface area contributed by atoms with Gasteiger partial charge in [-0.25, -0.2) is 0 Å². The summed E-state index contributed by atoms with van der Waals surface area (Å²) >= 11 is 0. The smallest absolute Gasteiger partial charge is 0.104 e. The molecule has 0 aliphatic carbocycles. The van der Waals surface area contributed by atoms with Crippen molar-refractivity contribution in [2.45, 2.75) is 90.7 Å². The minimum Gasteiger partial charge on any atom is -0.547 e. The lowest BCUT2D eigenvalue weighted by molar-refractivity contribution is -0.903. The highest BCUT2D eigenvalue weighted by Gasteiger charge is 2.14. The molecular formula is C24H43NO3. The van der Waals surface area contributed by atoms with Crippen LogP contribution >= 0.6 is 0 Å². The number of carbonyl (C=O) groups is 1. The summed E-state index contributed by atoms with van der Waals surface area (Å²) in [6, 6.07) is 10.9. The number of hydrogen-bond donors (Lipinski definition) is 1. The van der Waals surface area contributed by atoms with Crippen LogP contribution in [0.25, 0.3) is 0 Å². The summed E-state index contributed by atoms with van der Waals surface area (Å²) < 4.78 is 1.11. The standard InChI is InChI=1S/C21H38N.C3H6O3/c1-4-5-6-7-8-9-10-11-12-16-19-22(2,3)20-21-17-14-13-15-18-21;1-2(4)3(5)6/h13-15,17-18H,4-12,16,19-20H2,1-3H3;2,4H,1H3,(H,5,6)/q+1;/p-1/t;2-/m.1/s1. The third-order valence-corrected chi connectivity index (χ3v) is 4.91. The van der Waals surface area contributed by atoms with Crippen molar-refractivity contribution in [3.8, 4) is 0 Å². The molecule has 0 unspecified atom stereocenters. The third kappa shape index (κ3) is 16.8. The monoisotopic (exact) mass is 393 g/mol. The number of carboxylic acid groups (broad SMARTS) is 1. The van der Waals surface area contributed by atoms with Gasteiger partial charge in [0.25, 0.3) is 0 Å². The van der Waals surface area contributed by atoms with Gasteiger partial charge in [-0.3, -0.25) is 0 Å². The number of benzene rings is 1. The second-order valence-corrected chi connectivity index (χ2v) is 8.48. The number of unbranched alkanes of at least 4 members (excludes halogenated alkanes) is 9. The number of aliphatic carboxylic acids is 1. The van der Waals surface area contributed by atoms with Crippen LogP contribution in [0.3, 0.4) is 0 Å². The molecule has 4 heteroatoms. The van der Waals surface area contributed by atoms with Crippen LogP contribution in [0.4, 0.5) is 0 Å². The summed E-state index contributed by atoms with van der Waals surface area (Å²) in [5.41, 5.74) is 1.46. The van der Waals surface area contributed by atoms with Gasteiger partial charge < -0.3 is 19.5 Å². The minimum absolute atomic E-state index is 1.11. The number of quaternary nitrogens is 1. The van der Waals surface area contributed by atoms with Crippen molar-refractivity contribution in [1.29, 1.82) is 0 Å². The Labute approximate surface area is 173 Å². The van der Waals surface area contributed by atoms with E-state index < -0.39 is 12.1 Å². The highest BCUT2D eigenvalue weighted by atomic mass is 16.4. The molecule has 1 N–H and O–H groups in total. The van der Waals surface area contributed by atoms with Crippen LogP contribution in [-0.4, -0.2) is 42.3 Å². The Morgan fingerprint density at radius 3 is 1.79 bits per heavy atom. The van der Waals surface area contributed by atoms with Gasteiger partial charge in [0.1, 0.15) is 6.54 Å². The summed E-state index contributed by atoms with van der Waals surface area (Å²) in [4.78, 5) is 9.34. The van der Waals surface area contributed by atoms with E-state index in [-0.39, 0.29) is 0 Å². The van der Waals surface area contributed by atoms with Crippen LogP contribution in [0, 0.1) is 0 Å². The third-order valence-electron chi connectivity index (χ3n) is 4.91. The Bertz CT molecular complexity index is 486. The van der Waals surface area contributed by atoms with Crippen LogP contribution in [0.5, 0.6) is 0 Å². The Balaban J connectivity index is 0.00000105. The molecule has 28 heavy (non-hydrogen) atoms. The van der Waals surface area contributed by atoms with Gasteiger partial charge in [-0.1, -0.05) is 88.6 Å².